The van der Waals surface area contributed by atoms with E-state index < -0.39 is 35.7 Å². The second-order valence-corrected chi connectivity index (χ2v) is 7.97. The zero-order valence-electron chi connectivity index (χ0n) is 13.9. The molecule has 23 heavy (non-hydrogen) atoms. The number of carbonyl (C=O) groups is 3. The smallest absolute Gasteiger partial charge is 0.408 e. The molecule has 0 aromatic rings. The molecule has 0 heterocycles. The lowest BCUT2D eigenvalue weighted by Gasteiger charge is -2.22. The van der Waals surface area contributed by atoms with E-state index in [1.54, 1.807) is 20.8 Å². The van der Waals surface area contributed by atoms with Crippen molar-refractivity contribution >= 4 is 39.6 Å². The first-order chi connectivity index (χ1) is 10.6. The average molecular weight is 368 g/mol. The molecule has 8 nitrogen and oxygen atoms in total. The van der Waals surface area contributed by atoms with Crippen molar-refractivity contribution in [1.82, 2.24) is 5.32 Å². The number of carbonyl (C=O) groups excluding carboxylic acids is 3. The van der Waals surface area contributed by atoms with Crippen LogP contribution in [0.25, 0.3) is 0 Å². The minimum Gasteiger partial charge on any atom is -0.468 e. The van der Waals surface area contributed by atoms with Gasteiger partial charge in [-0.1, -0.05) is 21.6 Å². The van der Waals surface area contributed by atoms with Gasteiger partial charge in [0.2, 0.25) is 0 Å². The molecule has 0 fully saturated rings. The van der Waals surface area contributed by atoms with E-state index in [1.165, 1.54) is 35.8 Å². The summed E-state index contributed by atoms with van der Waals surface area (Å²) in [6.07, 6.45) is -0.704. The Balaban J connectivity index is 4.34. The van der Waals surface area contributed by atoms with Crippen molar-refractivity contribution in [1.29, 1.82) is 0 Å². The summed E-state index contributed by atoms with van der Waals surface area (Å²) in [5.74, 6) is -0.530. The van der Waals surface area contributed by atoms with Gasteiger partial charge in [-0.05, 0) is 20.8 Å². The molecule has 0 aliphatic rings. The maximum Gasteiger partial charge on any atom is 0.408 e. The van der Waals surface area contributed by atoms with Crippen molar-refractivity contribution in [2.24, 2.45) is 5.73 Å². The van der Waals surface area contributed by atoms with Gasteiger partial charge in [0.05, 0.1) is 14.2 Å². The van der Waals surface area contributed by atoms with E-state index in [-0.39, 0.29) is 5.75 Å². The summed E-state index contributed by atoms with van der Waals surface area (Å²) in [6.45, 7) is 5.16. The fourth-order valence-corrected chi connectivity index (χ4v) is 3.47. The summed E-state index contributed by atoms with van der Waals surface area (Å²) >= 11 is 0. The topological polar surface area (TPSA) is 117 Å². The summed E-state index contributed by atoms with van der Waals surface area (Å²) < 4.78 is 14.3. The highest BCUT2D eigenvalue weighted by Gasteiger charge is 2.25. The van der Waals surface area contributed by atoms with E-state index in [0.717, 1.165) is 0 Å². The first-order valence-electron chi connectivity index (χ1n) is 6.76. The van der Waals surface area contributed by atoms with Gasteiger partial charge in [0.1, 0.15) is 17.7 Å². The number of hydrogen-bond acceptors (Lipinski definition) is 9. The number of esters is 2. The third kappa shape index (κ3) is 10.3. The second-order valence-electron chi connectivity index (χ2n) is 5.42. The monoisotopic (exact) mass is 368 g/mol. The van der Waals surface area contributed by atoms with E-state index in [9.17, 15) is 14.4 Å². The first-order valence-corrected chi connectivity index (χ1v) is 9.24. The Morgan fingerprint density at radius 3 is 2.04 bits per heavy atom. The summed E-state index contributed by atoms with van der Waals surface area (Å²) in [7, 11) is 5.07. The molecule has 0 spiro atoms. The van der Waals surface area contributed by atoms with Gasteiger partial charge in [-0.15, -0.1) is 0 Å². The van der Waals surface area contributed by atoms with Gasteiger partial charge < -0.3 is 25.3 Å². The molecule has 2 unspecified atom stereocenters. The lowest BCUT2D eigenvalue weighted by molar-refractivity contribution is -0.142. The van der Waals surface area contributed by atoms with E-state index >= 15 is 0 Å². The molecule has 2 atom stereocenters. The predicted octanol–water partition coefficient (Wildman–Crippen LogP) is 0.934. The Morgan fingerprint density at radius 1 is 1.04 bits per heavy atom. The van der Waals surface area contributed by atoms with Gasteiger partial charge in [-0.25, -0.2) is 9.59 Å². The maximum absolute atomic E-state index is 11.7. The molecule has 0 saturated heterocycles. The molecule has 0 bridgehead atoms. The van der Waals surface area contributed by atoms with Crippen molar-refractivity contribution in [3.63, 3.8) is 0 Å². The fourth-order valence-electron chi connectivity index (χ4n) is 1.22. The van der Waals surface area contributed by atoms with E-state index in [4.69, 9.17) is 10.5 Å². The number of hydrogen-bond donors (Lipinski definition) is 2. The zero-order chi connectivity index (χ0) is 18.0. The first kappa shape index (κ1) is 21.9. The van der Waals surface area contributed by atoms with Crippen LogP contribution in [0.5, 0.6) is 0 Å². The number of rotatable bonds is 8. The highest BCUT2D eigenvalue weighted by molar-refractivity contribution is 8.76. The van der Waals surface area contributed by atoms with Crippen LogP contribution >= 0.6 is 21.6 Å². The normalized spacial score (nSPS) is 13.7. The summed E-state index contributed by atoms with van der Waals surface area (Å²) in [6, 6.07) is -1.60. The molecule has 0 aromatic heterocycles. The van der Waals surface area contributed by atoms with Gasteiger partial charge in [-0.3, -0.25) is 4.79 Å². The molecule has 134 valence electrons. The summed E-state index contributed by atoms with van der Waals surface area (Å²) in [5.41, 5.74) is 4.92. The Bertz CT molecular complexity index is 414. The summed E-state index contributed by atoms with van der Waals surface area (Å²) in [4.78, 5) is 34.6. The lowest BCUT2D eigenvalue weighted by Crippen LogP contribution is -2.45. The van der Waals surface area contributed by atoms with E-state index in [0.29, 0.717) is 5.75 Å². The number of ether oxygens (including phenoxy) is 3. The second kappa shape index (κ2) is 10.6. The molecule has 0 aliphatic carbocycles. The highest BCUT2D eigenvalue weighted by atomic mass is 33.1. The minimum absolute atomic E-state index is 0.241. The standard InChI is InChI=1S/C13H24N2O6S2/c1-13(2,3)21-12(18)15-9(11(17)20-5)7-23-22-6-8(14)10(16)19-4/h8-9H,6-7,14H2,1-5H3,(H,15,18). The number of amides is 1. The third-order valence-corrected chi connectivity index (χ3v) is 4.69. The number of nitrogens with two attached hydrogens (primary N) is 1. The quantitative estimate of drug-likeness (QED) is 0.279. The van der Waals surface area contributed by atoms with Gasteiger partial charge in [0.25, 0.3) is 0 Å². The van der Waals surface area contributed by atoms with Gasteiger partial charge in [-0.2, -0.15) is 0 Å². The largest absolute Gasteiger partial charge is 0.468 e. The SMILES string of the molecule is COC(=O)C(N)CSSCC(NC(=O)OC(C)(C)C)C(=O)OC. The van der Waals surface area contributed by atoms with Gasteiger partial charge >= 0.3 is 18.0 Å². The van der Waals surface area contributed by atoms with Gasteiger partial charge in [0.15, 0.2) is 0 Å². The molecular weight excluding hydrogens is 344 g/mol. The minimum atomic E-state index is -0.860. The number of methoxy groups -OCH3 is 2. The zero-order valence-corrected chi connectivity index (χ0v) is 15.5. The van der Waals surface area contributed by atoms with Crippen molar-refractivity contribution < 1.29 is 28.6 Å². The number of alkyl carbamates (subject to hydrolysis) is 1. The Morgan fingerprint density at radius 2 is 1.57 bits per heavy atom. The Kier molecular flexibility index (Phi) is 10.1. The van der Waals surface area contributed by atoms with Crippen molar-refractivity contribution in [2.75, 3.05) is 25.7 Å². The maximum atomic E-state index is 11.7. The molecule has 10 heteroatoms. The van der Waals surface area contributed by atoms with Crippen LogP contribution in [0.2, 0.25) is 0 Å². The highest BCUT2D eigenvalue weighted by Crippen LogP contribution is 2.23. The van der Waals surface area contributed by atoms with Crippen LogP contribution in [0.1, 0.15) is 20.8 Å². The molecule has 3 N–H and O–H groups in total. The predicted molar refractivity (Wildman–Crippen MR) is 90.1 cm³/mol. The summed E-state index contributed by atoms with van der Waals surface area (Å²) in [5, 5.41) is 2.45. The van der Waals surface area contributed by atoms with Crippen LogP contribution in [0.4, 0.5) is 4.79 Å². The Hall–Kier alpha value is -1.13. The molecule has 0 radical (unpaired) electrons. The van der Waals surface area contributed by atoms with Gasteiger partial charge in [0, 0.05) is 11.5 Å². The van der Waals surface area contributed by atoms with Crippen LogP contribution < -0.4 is 11.1 Å². The molecule has 0 aromatic carbocycles. The molecule has 1 amide bonds. The third-order valence-electron chi connectivity index (χ3n) is 2.25. The molecule has 0 saturated carbocycles. The van der Waals surface area contributed by atoms with Crippen LogP contribution in [-0.4, -0.2) is 61.4 Å². The van der Waals surface area contributed by atoms with Crippen LogP contribution in [0, 0.1) is 0 Å². The Labute approximate surface area is 143 Å². The van der Waals surface area contributed by atoms with E-state index in [1.807, 2.05) is 0 Å². The van der Waals surface area contributed by atoms with Crippen LogP contribution in [-0.2, 0) is 23.8 Å². The molecule has 0 aliphatic heterocycles. The van der Waals surface area contributed by atoms with E-state index in [2.05, 4.69) is 14.8 Å². The molecule has 0 rings (SSSR count). The van der Waals surface area contributed by atoms with Crippen molar-refractivity contribution in [2.45, 2.75) is 38.5 Å². The lowest BCUT2D eigenvalue weighted by atomic mass is 10.2. The average Bonchev–Trinajstić information content (AvgIpc) is 2.46. The van der Waals surface area contributed by atoms with Crippen molar-refractivity contribution in [3.8, 4) is 0 Å². The molecular formula is C13H24N2O6S2. The fraction of sp³-hybridized carbons (Fsp3) is 0.769. The van der Waals surface area contributed by atoms with Crippen LogP contribution in [0.3, 0.4) is 0 Å². The van der Waals surface area contributed by atoms with Crippen LogP contribution in [0.15, 0.2) is 0 Å². The number of nitrogens with one attached hydrogen (secondary N) is 1. The van der Waals surface area contributed by atoms with Crippen molar-refractivity contribution in [3.05, 3.63) is 0 Å².